The lowest BCUT2D eigenvalue weighted by Crippen LogP contribution is -2.44. The van der Waals surface area contributed by atoms with E-state index in [1.54, 1.807) is 19.1 Å². The first-order chi connectivity index (χ1) is 9.64. The van der Waals surface area contributed by atoms with Crippen LogP contribution in [0, 0.1) is 12.3 Å². The number of amides is 1. The molecule has 0 radical (unpaired) electrons. The van der Waals surface area contributed by atoms with Crippen LogP contribution in [0.5, 0.6) is 0 Å². The zero-order chi connectivity index (χ0) is 15.8. The molecule has 0 saturated heterocycles. The summed E-state index contributed by atoms with van der Waals surface area (Å²) < 4.78 is 23.0. The summed E-state index contributed by atoms with van der Waals surface area (Å²) in [5.74, 6) is -0.184. The van der Waals surface area contributed by atoms with Crippen LogP contribution in [0.2, 0.25) is 0 Å². The number of benzene rings is 1. The summed E-state index contributed by atoms with van der Waals surface area (Å²) in [4.78, 5) is 12.4. The third-order valence-corrected chi connectivity index (χ3v) is 5.35. The number of rotatable bonds is 3. The minimum Gasteiger partial charge on any atom is -0.327 e. The Balaban J connectivity index is 2.27. The number of nitrogens with two attached hydrogens (primary N) is 2. The lowest BCUT2D eigenvalue weighted by Gasteiger charge is -2.27. The van der Waals surface area contributed by atoms with Crippen LogP contribution < -0.4 is 16.2 Å². The van der Waals surface area contributed by atoms with Crippen LogP contribution in [0.1, 0.15) is 31.7 Å². The normalized spacial score (nSPS) is 25.8. The van der Waals surface area contributed by atoms with E-state index in [-0.39, 0.29) is 16.8 Å². The predicted molar refractivity (Wildman–Crippen MR) is 81.1 cm³/mol. The standard InChI is InChI=1S/C14H21N3O3S/c1-9-5-6-10(8-11(9)21(16,19)20)17-13(18)14(2)7-3-4-12(14)15/h5-6,8,12H,3-4,7,15H2,1-2H3,(H,17,18)(H2,16,19,20). The van der Waals surface area contributed by atoms with Gasteiger partial charge in [-0.1, -0.05) is 12.5 Å². The molecule has 0 heterocycles. The van der Waals surface area contributed by atoms with Gasteiger partial charge in [0.25, 0.3) is 0 Å². The molecule has 1 aromatic rings. The number of carbonyl (C=O) groups excluding carboxylic acids is 1. The van der Waals surface area contributed by atoms with E-state index < -0.39 is 15.4 Å². The molecule has 0 aromatic heterocycles. The molecule has 1 aromatic carbocycles. The molecule has 21 heavy (non-hydrogen) atoms. The number of hydrogen-bond acceptors (Lipinski definition) is 4. The summed E-state index contributed by atoms with van der Waals surface area (Å²) in [6.07, 6.45) is 2.47. The fourth-order valence-electron chi connectivity index (χ4n) is 2.73. The second-order valence-electron chi connectivity index (χ2n) is 5.90. The fraction of sp³-hybridized carbons (Fsp3) is 0.500. The fourth-order valence-corrected chi connectivity index (χ4v) is 3.54. The first-order valence-electron chi connectivity index (χ1n) is 6.85. The minimum absolute atomic E-state index is 0.0150. The average molecular weight is 311 g/mol. The molecular weight excluding hydrogens is 290 g/mol. The van der Waals surface area contributed by atoms with Gasteiger partial charge >= 0.3 is 0 Å². The second-order valence-corrected chi connectivity index (χ2v) is 7.43. The quantitative estimate of drug-likeness (QED) is 0.775. The summed E-state index contributed by atoms with van der Waals surface area (Å²) in [5.41, 5.74) is 6.35. The number of aryl methyl sites for hydroxylation is 1. The van der Waals surface area contributed by atoms with E-state index in [2.05, 4.69) is 5.32 Å². The molecule has 5 N–H and O–H groups in total. The van der Waals surface area contributed by atoms with Gasteiger partial charge in [0.05, 0.1) is 10.3 Å². The maximum Gasteiger partial charge on any atom is 0.238 e. The molecule has 1 saturated carbocycles. The van der Waals surface area contributed by atoms with Crippen molar-refractivity contribution in [2.75, 3.05) is 5.32 Å². The molecule has 116 valence electrons. The molecule has 7 heteroatoms. The van der Waals surface area contributed by atoms with E-state index in [4.69, 9.17) is 10.9 Å². The van der Waals surface area contributed by atoms with Gasteiger partial charge in [-0.2, -0.15) is 0 Å². The molecular formula is C14H21N3O3S. The van der Waals surface area contributed by atoms with Gasteiger partial charge in [0.1, 0.15) is 0 Å². The number of anilines is 1. The van der Waals surface area contributed by atoms with Crippen LogP contribution in [0.25, 0.3) is 0 Å². The van der Waals surface area contributed by atoms with E-state index in [0.29, 0.717) is 11.3 Å². The number of carbonyl (C=O) groups is 1. The van der Waals surface area contributed by atoms with E-state index in [1.807, 2.05) is 6.92 Å². The molecule has 1 aliphatic carbocycles. The number of hydrogen-bond donors (Lipinski definition) is 3. The summed E-state index contributed by atoms with van der Waals surface area (Å²) in [5, 5.41) is 7.92. The molecule has 6 nitrogen and oxygen atoms in total. The highest BCUT2D eigenvalue weighted by molar-refractivity contribution is 7.89. The highest BCUT2D eigenvalue weighted by Gasteiger charge is 2.42. The van der Waals surface area contributed by atoms with Gasteiger partial charge in [-0.15, -0.1) is 0 Å². The molecule has 2 unspecified atom stereocenters. The average Bonchev–Trinajstić information content (AvgIpc) is 2.72. The van der Waals surface area contributed by atoms with Crippen molar-refractivity contribution in [2.45, 2.75) is 44.0 Å². The van der Waals surface area contributed by atoms with Crippen molar-refractivity contribution < 1.29 is 13.2 Å². The monoisotopic (exact) mass is 311 g/mol. The zero-order valence-corrected chi connectivity index (χ0v) is 13.0. The van der Waals surface area contributed by atoms with Gasteiger partial charge in [0.2, 0.25) is 15.9 Å². The van der Waals surface area contributed by atoms with Crippen molar-refractivity contribution in [1.82, 2.24) is 0 Å². The first-order valence-corrected chi connectivity index (χ1v) is 8.40. The van der Waals surface area contributed by atoms with Gasteiger partial charge in [-0.3, -0.25) is 4.79 Å². The van der Waals surface area contributed by atoms with Crippen LogP contribution in [0.4, 0.5) is 5.69 Å². The lowest BCUT2D eigenvalue weighted by molar-refractivity contribution is -0.125. The van der Waals surface area contributed by atoms with Crippen molar-refractivity contribution in [3.05, 3.63) is 23.8 Å². The van der Waals surface area contributed by atoms with E-state index >= 15 is 0 Å². The SMILES string of the molecule is Cc1ccc(NC(=O)C2(C)CCCC2N)cc1S(N)(=O)=O. The first kappa shape index (κ1) is 15.9. The third kappa shape index (κ3) is 3.09. The van der Waals surface area contributed by atoms with Crippen LogP contribution in [0.3, 0.4) is 0 Å². The molecule has 2 atom stereocenters. The Morgan fingerprint density at radius 2 is 2.10 bits per heavy atom. The molecule has 0 spiro atoms. The number of nitrogens with one attached hydrogen (secondary N) is 1. The van der Waals surface area contributed by atoms with E-state index in [9.17, 15) is 13.2 Å². The Morgan fingerprint density at radius 1 is 1.43 bits per heavy atom. The summed E-state index contributed by atoms with van der Waals surface area (Å²) in [6, 6.07) is 4.48. The molecule has 1 aliphatic rings. The van der Waals surface area contributed by atoms with Crippen molar-refractivity contribution in [3.8, 4) is 0 Å². The van der Waals surface area contributed by atoms with Gasteiger partial charge in [-0.25, -0.2) is 13.6 Å². The second kappa shape index (κ2) is 5.40. The van der Waals surface area contributed by atoms with Crippen molar-refractivity contribution >= 4 is 21.6 Å². The van der Waals surface area contributed by atoms with Crippen LogP contribution in [-0.4, -0.2) is 20.4 Å². The summed E-state index contributed by atoms with van der Waals surface area (Å²) >= 11 is 0. The maximum atomic E-state index is 12.4. The summed E-state index contributed by atoms with van der Waals surface area (Å²) in [7, 11) is -3.81. The number of primary sulfonamides is 1. The molecule has 0 bridgehead atoms. The Labute approximate surface area is 124 Å². The Morgan fingerprint density at radius 3 is 2.62 bits per heavy atom. The van der Waals surface area contributed by atoms with Gasteiger partial charge in [0, 0.05) is 11.7 Å². The largest absolute Gasteiger partial charge is 0.327 e. The van der Waals surface area contributed by atoms with Gasteiger partial charge < -0.3 is 11.1 Å². The number of sulfonamides is 1. The topological polar surface area (TPSA) is 115 Å². The molecule has 1 fully saturated rings. The highest BCUT2D eigenvalue weighted by atomic mass is 32.2. The minimum atomic E-state index is -3.81. The Kier molecular flexibility index (Phi) is 4.10. The van der Waals surface area contributed by atoms with Crippen molar-refractivity contribution in [3.63, 3.8) is 0 Å². The third-order valence-electron chi connectivity index (χ3n) is 4.30. The van der Waals surface area contributed by atoms with E-state index in [1.165, 1.54) is 6.07 Å². The molecule has 0 aliphatic heterocycles. The van der Waals surface area contributed by atoms with Crippen LogP contribution in [0.15, 0.2) is 23.1 Å². The van der Waals surface area contributed by atoms with Crippen LogP contribution >= 0.6 is 0 Å². The zero-order valence-electron chi connectivity index (χ0n) is 12.2. The Bertz CT molecular complexity index is 672. The smallest absolute Gasteiger partial charge is 0.238 e. The predicted octanol–water partition coefficient (Wildman–Crippen LogP) is 1.10. The summed E-state index contributed by atoms with van der Waals surface area (Å²) in [6.45, 7) is 3.49. The van der Waals surface area contributed by atoms with Crippen LogP contribution in [-0.2, 0) is 14.8 Å². The molecule has 2 rings (SSSR count). The van der Waals surface area contributed by atoms with Crippen molar-refractivity contribution in [1.29, 1.82) is 0 Å². The highest BCUT2D eigenvalue weighted by Crippen LogP contribution is 2.37. The molecule has 1 amide bonds. The van der Waals surface area contributed by atoms with Gasteiger partial charge in [0.15, 0.2) is 0 Å². The maximum absolute atomic E-state index is 12.4. The van der Waals surface area contributed by atoms with Gasteiger partial charge in [-0.05, 0) is 44.4 Å². The Hall–Kier alpha value is -1.44. The van der Waals surface area contributed by atoms with Crippen molar-refractivity contribution in [2.24, 2.45) is 16.3 Å². The van der Waals surface area contributed by atoms with E-state index in [0.717, 1.165) is 19.3 Å². The lowest BCUT2D eigenvalue weighted by atomic mass is 9.84.